The number of urea groups is 1. The van der Waals surface area contributed by atoms with E-state index in [1.807, 2.05) is 12.1 Å². The first kappa shape index (κ1) is 27.1. The first-order valence-corrected chi connectivity index (χ1v) is 13.5. The summed E-state index contributed by atoms with van der Waals surface area (Å²) in [6.45, 7) is 13.2. The topological polar surface area (TPSA) is 78.1 Å². The van der Waals surface area contributed by atoms with E-state index < -0.39 is 0 Å². The lowest BCUT2D eigenvalue weighted by Crippen LogP contribution is -2.39. The number of anilines is 2. The van der Waals surface area contributed by atoms with E-state index in [0.29, 0.717) is 17.9 Å². The van der Waals surface area contributed by atoms with Gasteiger partial charge >= 0.3 is 6.03 Å². The summed E-state index contributed by atoms with van der Waals surface area (Å²) in [5.41, 5.74) is 6.99. The van der Waals surface area contributed by atoms with Gasteiger partial charge in [0.25, 0.3) is 5.56 Å². The number of carbonyl (C=O) groups is 1. The lowest BCUT2D eigenvalue weighted by atomic mass is 9.88. The van der Waals surface area contributed by atoms with E-state index in [9.17, 15) is 9.59 Å². The molecule has 4 rings (SSSR count). The Bertz CT molecular complexity index is 1470. The van der Waals surface area contributed by atoms with Crippen LogP contribution in [0.15, 0.2) is 65.6 Å². The monoisotopic (exact) mass is 510 g/mol. The van der Waals surface area contributed by atoms with Crippen LogP contribution in [0, 0.1) is 6.92 Å². The zero-order valence-corrected chi connectivity index (χ0v) is 23.3. The Labute approximate surface area is 225 Å². The second kappa shape index (κ2) is 11.6. The molecule has 4 aromatic rings. The fourth-order valence-electron chi connectivity index (χ4n) is 4.78. The van der Waals surface area contributed by atoms with Gasteiger partial charge in [-0.1, -0.05) is 70.9 Å². The highest BCUT2D eigenvalue weighted by molar-refractivity contribution is 6.03. The van der Waals surface area contributed by atoms with Crippen LogP contribution in [0.5, 0.6) is 0 Å². The smallest absolute Gasteiger partial charge is 0.307 e. The molecule has 0 bridgehead atoms. The van der Waals surface area contributed by atoms with Crippen LogP contribution in [0.3, 0.4) is 0 Å². The van der Waals surface area contributed by atoms with Crippen molar-refractivity contribution < 1.29 is 4.79 Å². The van der Waals surface area contributed by atoms with Crippen molar-refractivity contribution in [2.45, 2.75) is 66.2 Å². The van der Waals surface area contributed by atoms with Gasteiger partial charge in [-0.15, -0.1) is 0 Å². The third-order valence-electron chi connectivity index (χ3n) is 6.89. The SMILES string of the molecule is CCCCN(C(=O)Nc1c(C(C)C)cc(-c2cccc(C)c2)cc1C(C)C)c1cc2cccnc2[nH]c1=O. The first-order chi connectivity index (χ1) is 18.2. The standard InChI is InChI=1S/C32H38N4O2/c1-7-8-15-36(28-19-24-13-10-14-33-30(24)35-31(28)37)32(38)34-29-26(20(2)3)17-25(18-27(29)21(4)5)23-12-9-11-22(6)16-23/h9-14,16-21H,7-8,15H2,1-6H3,(H,34,38)(H,33,35,37). The van der Waals surface area contributed by atoms with Gasteiger partial charge in [0.05, 0.1) is 0 Å². The fourth-order valence-corrected chi connectivity index (χ4v) is 4.78. The van der Waals surface area contributed by atoms with Crippen molar-refractivity contribution in [3.8, 4) is 11.1 Å². The number of hydrogen-bond donors (Lipinski definition) is 2. The highest BCUT2D eigenvalue weighted by Gasteiger charge is 2.24. The molecule has 2 aromatic heterocycles. The van der Waals surface area contributed by atoms with E-state index in [4.69, 9.17) is 0 Å². The minimum Gasteiger partial charge on any atom is -0.307 e. The zero-order chi connectivity index (χ0) is 27.4. The molecule has 0 saturated heterocycles. The molecule has 0 aliphatic carbocycles. The maximum atomic E-state index is 13.9. The summed E-state index contributed by atoms with van der Waals surface area (Å²) >= 11 is 0. The Balaban J connectivity index is 1.80. The van der Waals surface area contributed by atoms with Gasteiger partial charge < -0.3 is 10.3 Å². The molecule has 2 N–H and O–H groups in total. The van der Waals surface area contributed by atoms with E-state index in [1.54, 1.807) is 17.2 Å². The van der Waals surface area contributed by atoms with Crippen molar-refractivity contribution in [1.29, 1.82) is 0 Å². The van der Waals surface area contributed by atoms with Gasteiger partial charge in [-0.2, -0.15) is 0 Å². The number of nitrogens with zero attached hydrogens (tertiary/aromatic N) is 2. The van der Waals surface area contributed by atoms with Crippen molar-refractivity contribution >= 4 is 28.4 Å². The Kier molecular flexibility index (Phi) is 8.30. The number of aryl methyl sites for hydroxylation is 1. The Morgan fingerprint density at radius 1 is 0.974 bits per heavy atom. The number of pyridine rings is 2. The molecule has 6 nitrogen and oxygen atoms in total. The van der Waals surface area contributed by atoms with Gasteiger partial charge in [-0.3, -0.25) is 9.69 Å². The molecule has 2 aromatic carbocycles. The number of aromatic nitrogens is 2. The lowest BCUT2D eigenvalue weighted by Gasteiger charge is -2.27. The van der Waals surface area contributed by atoms with E-state index in [2.05, 4.69) is 93.2 Å². The maximum Gasteiger partial charge on any atom is 0.326 e. The van der Waals surface area contributed by atoms with Gasteiger partial charge in [-0.05, 0) is 77.8 Å². The fraction of sp³-hybridized carbons (Fsp3) is 0.344. The third-order valence-corrected chi connectivity index (χ3v) is 6.89. The largest absolute Gasteiger partial charge is 0.326 e. The molecule has 38 heavy (non-hydrogen) atoms. The molecule has 0 aliphatic rings. The first-order valence-electron chi connectivity index (χ1n) is 13.5. The normalized spacial score (nSPS) is 11.4. The average molecular weight is 511 g/mol. The Hall–Kier alpha value is -3.93. The van der Waals surface area contributed by atoms with E-state index >= 15 is 0 Å². The molecule has 0 radical (unpaired) electrons. The maximum absolute atomic E-state index is 13.9. The Morgan fingerprint density at radius 3 is 2.32 bits per heavy atom. The molecule has 2 heterocycles. The summed E-state index contributed by atoms with van der Waals surface area (Å²) in [4.78, 5) is 35.6. The summed E-state index contributed by atoms with van der Waals surface area (Å²) < 4.78 is 0. The average Bonchev–Trinajstić information content (AvgIpc) is 2.88. The van der Waals surface area contributed by atoms with Crippen LogP contribution < -0.4 is 15.8 Å². The quantitative estimate of drug-likeness (QED) is 0.252. The number of nitrogens with one attached hydrogen (secondary N) is 2. The van der Waals surface area contributed by atoms with Crippen LogP contribution in [0.25, 0.3) is 22.2 Å². The predicted molar refractivity (Wildman–Crippen MR) is 158 cm³/mol. The highest BCUT2D eigenvalue weighted by atomic mass is 16.2. The molecule has 0 unspecified atom stereocenters. The number of carbonyl (C=O) groups excluding carboxylic acids is 1. The molecular weight excluding hydrogens is 472 g/mol. The molecule has 0 aliphatic heterocycles. The molecule has 198 valence electrons. The van der Waals surface area contributed by atoms with Gasteiger partial charge in [0.2, 0.25) is 0 Å². The van der Waals surface area contributed by atoms with Crippen LogP contribution in [-0.2, 0) is 0 Å². The molecule has 0 atom stereocenters. The van der Waals surface area contributed by atoms with Gasteiger partial charge in [0.1, 0.15) is 11.3 Å². The highest BCUT2D eigenvalue weighted by Crippen LogP contribution is 2.37. The number of H-pyrrole nitrogens is 1. The molecular formula is C32H38N4O2. The van der Waals surface area contributed by atoms with Gasteiger partial charge in [0.15, 0.2) is 0 Å². The second-order valence-corrected chi connectivity index (χ2v) is 10.6. The van der Waals surface area contributed by atoms with E-state index in [-0.39, 0.29) is 23.4 Å². The van der Waals surface area contributed by atoms with Crippen LogP contribution in [0.2, 0.25) is 0 Å². The van der Waals surface area contributed by atoms with E-state index in [1.165, 1.54) is 5.56 Å². The summed E-state index contributed by atoms with van der Waals surface area (Å²) in [6.07, 6.45) is 3.32. The molecule has 2 amide bonds. The Morgan fingerprint density at radius 2 is 1.68 bits per heavy atom. The molecule has 0 saturated carbocycles. The lowest BCUT2D eigenvalue weighted by molar-refractivity contribution is 0.256. The summed E-state index contributed by atoms with van der Waals surface area (Å²) in [6, 6.07) is 18.0. The number of hydrogen-bond acceptors (Lipinski definition) is 3. The van der Waals surface area contributed by atoms with Crippen LogP contribution in [-0.4, -0.2) is 22.5 Å². The number of benzene rings is 2. The van der Waals surface area contributed by atoms with Crippen molar-refractivity contribution in [1.82, 2.24) is 9.97 Å². The van der Waals surface area contributed by atoms with Gasteiger partial charge in [-0.25, -0.2) is 9.78 Å². The number of amides is 2. The van der Waals surface area contributed by atoms with Crippen molar-refractivity contribution in [2.24, 2.45) is 0 Å². The molecule has 6 heteroatoms. The molecule has 0 fully saturated rings. The summed E-state index contributed by atoms with van der Waals surface area (Å²) in [5.74, 6) is 0.374. The van der Waals surface area contributed by atoms with Crippen molar-refractivity contribution in [3.63, 3.8) is 0 Å². The minimum absolute atomic E-state index is 0.187. The van der Waals surface area contributed by atoms with Crippen LogP contribution in [0.1, 0.15) is 76.0 Å². The minimum atomic E-state index is -0.328. The van der Waals surface area contributed by atoms with Crippen molar-refractivity contribution in [3.05, 3.63) is 87.8 Å². The third kappa shape index (κ3) is 5.80. The molecule has 0 spiro atoms. The summed E-state index contributed by atoms with van der Waals surface area (Å²) in [5, 5.41) is 4.02. The number of rotatable bonds is 8. The van der Waals surface area contributed by atoms with Crippen molar-refractivity contribution in [2.75, 3.05) is 16.8 Å². The number of fused-ring (bicyclic) bond motifs is 1. The summed E-state index contributed by atoms with van der Waals surface area (Å²) in [7, 11) is 0. The number of unbranched alkanes of at least 4 members (excludes halogenated alkanes) is 1. The second-order valence-electron chi connectivity index (χ2n) is 10.6. The van der Waals surface area contributed by atoms with Crippen LogP contribution >= 0.6 is 0 Å². The van der Waals surface area contributed by atoms with Gasteiger partial charge in [0, 0.05) is 23.8 Å². The van der Waals surface area contributed by atoms with Crippen LogP contribution in [0.4, 0.5) is 16.2 Å². The zero-order valence-electron chi connectivity index (χ0n) is 23.3. The predicted octanol–water partition coefficient (Wildman–Crippen LogP) is 7.98. The number of aromatic amines is 1. The van der Waals surface area contributed by atoms with E-state index in [0.717, 1.165) is 46.2 Å².